The number of H-pyrrole nitrogens is 1. The number of carbonyl (C=O) groups excluding carboxylic acids is 1. The number of anilines is 1. The van der Waals surface area contributed by atoms with Crippen LogP contribution in [0.15, 0.2) is 56.1 Å². The molecule has 1 amide bonds. The van der Waals surface area contributed by atoms with Crippen LogP contribution in [0.1, 0.15) is 23.9 Å². The maximum Gasteiger partial charge on any atom is 0.417 e. The highest BCUT2D eigenvalue weighted by Crippen LogP contribution is 2.23. The van der Waals surface area contributed by atoms with E-state index in [4.69, 9.17) is 8.83 Å². The molecule has 4 rings (SSSR count). The lowest BCUT2D eigenvalue weighted by molar-refractivity contribution is -0.115. The van der Waals surface area contributed by atoms with Crippen molar-refractivity contribution in [2.75, 3.05) is 5.32 Å². The van der Waals surface area contributed by atoms with E-state index in [1.54, 1.807) is 25.1 Å². The summed E-state index contributed by atoms with van der Waals surface area (Å²) in [4.78, 5) is 30.7. The van der Waals surface area contributed by atoms with Crippen molar-refractivity contribution in [1.82, 2.24) is 9.97 Å². The van der Waals surface area contributed by atoms with Crippen molar-refractivity contribution in [3.05, 3.63) is 70.0 Å². The quantitative estimate of drug-likeness (QED) is 0.550. The molecular formula is C21H19N3O4. The summed E-state index contributed by atoms with van der Waals surface area (Å²) in [5.74, 6) is 0.341. The van der Waals surface area contributed by atoms with Gasteiger partial charge in [-0.3, -0.25) is 9.78 Å². The Hall–Kier alpha value is -3.61. The minimum Gasteiger partial charge on any atom is -0.441 e. The number of hydrogen-bond acceptors (Lipinski definition) is 5. The summed E-state index contributed by atoms with van der Waals surface area (Å²) in [5, 5.41) is 2.79. The number of fused-ring (bicyclic) bond motifs is 1. The fraction of sp³-hybridized carbons (Fsp3) is 0.190. The Labute approximate surface area is 160 Å². The molecule has 0 fully saturated rings. The average molecular weight is 377 g/mol. The third-order valence-corrected chi connectivity index (χ3v) is 4.53. The standard InChI is InChI=1S/C21H19N3O4/c1-3-13-4-6-14(7-5-13)20-23-17(12(2)27-20)11-19(25)22-15-8-9-16-18(10-15)28-21(26)24-16/h4-10H,3,11H2,1-2H3,(H,22,25)(H,24,26). The number of benzene rings is 2. The third-order valence-electron chi connectivity index (χ3n) is 4.53. The fourth-order valence-corrected chi connectivity index (χ4v) is 2.98. The first-order valence-corrected chi connectivity index (χ1v) is 9.00. The van der Waals surface area contributed by atoms with Gasteiger partial charge in [-0.1, -0.05) is 19.1 Å². The molecule has 7 heteroatoms. The van der Waals surface area contributed by atoms with Gasteiger partial charge in [0, 0.05) is 17.3 Å². The van der Waals surface area contributed by atoms with E-state index >= 15 is 0 Å². The van der Waals surface area contributed by atoms with Crippen molar-refractivity contribution in [3.63, 3.8) is 0 Å². The number of nitrogens with zero attached hydrogens (tertiary/aromatic N) is 1. The highest BCUT2D eigenvalue weighted by Gasteiger charge is 2.15. The van der Waals surface area contributed by atoms with Crippen molar-refractivity contribution >= 4 is 22.7 Å². The minimum absolute atomic E-state index is 0.0809. The van der Waals surface area contributed by atoms with Crippen LogP contribution in [-0.4, -0.2) is 15.9 Å². The highest BCUT2D eigenvalue weighted by molar-refractivity contribution is 5.93. The number of hydrogen-bond donors (Lipinski definition) is 2. The van der Waals surface area contributed by atoms with Gasteiger partial charge in [0.15, 0.2) is 5.58 Å². The molecule has 0 spiro atoms. The number of nitrogens with one attached hydrogen (secondary N) is 2. The van der Waals surface area contributed by atoms with Crippen molar-refractivity contribution in [1.29, 1.82) is 0 Å². The lowest BCUT2D eigenvalue weighted by atomic mass is 10.1. The van der Waals surface area contributed by atoms with Gasteiger partial charge < -0.3 is 14.2 Å². The molecule has 0 saturated carbocycles. The molecule has 0 aliphatic heterocycles. The van der Waals surface area contributed by atoms with Crippen LogP contribution in [0.5, 0.6) is 0 Å². The fourth-order valence-electron chi connectivity index (χ4n) is 2.98. The van der Waals surface area contributed by atoms with Crippen LogP contribution in [0.25, 0.3) is 22.6 Å². The van der Waals surface area contributed by atoms with E-state index in [9.17, 15) is 9.59 Å². The van der Waals surface area contributed by atoms with Gasteiger partial charge in [0.2, 0.25) is 11.8 Å². The SMILES string of the molecule is CCc1ccc(-c2nc(CC(=O)Nc3ccc4[nH]c(=O)oc4c3)c(C)o2)cc1. The zero-order valence-electron chi connectivity index (χ0n) is 15.5. The molecule has 2 heterocycles. The van der Waals surface area contributed by atoms with Crippen LogP contribution in [0, 0.1) is 6.92 Å². The molecule has 28 heavy (non-hydrogen) atoms. The Bertz CT molecular complexity index is 1200. The van der Waals surface area contributed by atoms with Gasteiger partial charge in [0.1, 0.15) is 5.76 Å². The predicted molar refractivity (Wildman–Crippen MR) is 105 cm³/mol. The van der Waals surface area contributed by atoms with E-state index in [2.05, 4.69) is 22.2 Å². The molecule has 0 saturated heterocycles. The number of aromatic amines is 1. The van der Waals surface area contributed by atoms with Gasteiger partial charge >= 0.3 is 5.76 Å². The Morgan fingerprint density at radius 1 is 1.14 bits per heavy atom. The van der Waals surface area contributed by atoms with Crippen molar-refractivity contribution < 1.29 is 13.6 Å². The molecule has 0 bridgehead atoms. The summed E-state index contributed by atoms with van der Waals surface area (Å²) in [7, 11) is 0. The maximum atomic E-state index is 12.4. The van der Waals surface area contributed by atoms with Gasteiger partial charge in [-0.25, -0.2) is 9.78 Å². The number of carbonyl (C=O) groups is 1. The molecule has 142 valence electrons. The van der Waals surface area contributed by atoms with Gasteiger partial charge in [-0.05, 0) is 43.2 Å². The van der Waals surface area contributed by atoms with Gasteiger partial charge in [-0.2, -0.15) is 0 Å². The molecular weight excluding hydrogens is 358 g/mol. The molecule has 4 aromatic rings. The summed E-state index contributed by atoms with van der Waals surface area (Å²) in [6.07, 6.45) is 1.05. The number of oxazole rings is 2. The van der Waals surface area contributed by atoms with Crippen molar-refractivity contribution in [3.8, 4) is 11.5 Å². The number of amides is 1. The zero-order chi connectivity index (χ0) is 19.7. The van der Waals surface area contributed by atoms with Crippen LogP contribution in [-0.2, 0) is 17.6 Å². The molecule has 0 aliphatic rings. The van der Waals surface area contributed by atoms with E-state index in [1.807, 2.05) is 24.3 Å². The highest BCUT2D eigenvalue weighted by atomic mass is 16.4. The van der Waals surface area contributed by atoms with E-state index in [1.165, 1.54) is 5.56 Å². The van der Waals surface area contributed by atoms with Crippen LogP contribution in [0.2, 0.25) is 0 Å². The monoisotopic (exact) mass is 377 g/mol. The van der Waals surface area contributed by atoms with Crippen molar-refractivity contribution in [2.45, 2.75) is 26.7 Å². The molecule has 0 unspecified atom stereocenters. The number of aromatic nitrogens is 2. The van der Waals surface area contributed by atoms with Crippen LogP contribution >= 0.6 is 0 Å². The Balaban J connectivity index is 1.49. The largest absolute Gasteiger partial charge is 0.441 e. The van der Waals surface area contributed by atoms with Crippen molar-refractivity contribution in [2.24, 2.45) is 0 Å². The van der Waals surface area contributed by atoms with E-state index in [0.29, 0.717) is 34.1 Å². The van der Waals surface area contributed by atoms with Gasteiger partial charge in [0.05, 0.1) is 17.6 Å². The number of aryl methyl sites for hydroxylation is 2. The normalized spacial score (nSPS) is 11.1. The second-order valence-corrected chi connectivity index (χ2v) is 6.52. The van der Waals surface area contributed by atoms with Crippen LogP contribution in [0.4, 0.5) is 5.69 Å². The summed E-state index contributed by atoms with van der Waals surface area (Å²) < 4.78 is 10.7. The van der Waals surface area contributed by atoms with Crippen LogP contribution in [0.3, 0.4) is 0 Å². The smallest absolute Gasteiger partial charge is 0.417 e. The maximum absolute atomic E-state index is 12.4. The second kappa shape index (κ2) is 7.19. The van der Waals surface area contributed by atoms with E-state index in [-0.39, 0.29) is 12.3 Å². The molecule has 0 radical (unpaired) electrons. The summed E-state index contributed by atoms with van der Waals surface area (Å²) in [6, 6.07) is 13.0. The molecule has 0 atom stereocenters. The molecule has 0 aliphatic carbocycles. The topological polar surface area (TPSA) is 101 Å². The zero-order valence-corrected chi connectivity index (χ0v) is 15.5. The lowest BCUT2D eigenvalue weighted by Crippen LogP contribution is -2.15. The van der Waals surface area contributed by atoms with E-state index < -0.39 is 5.76 Å². The second-order valence-electron chi connectivity index (χ2n) is 6.52. The van der Waals surface area contributed by atoms with E-state index in [0.717, 1.165) is 12.0 Å². The first-order valence-electron chi connectivity index (χ1n) is 9.00. The first kappa shape index (κ1) is 17.8. The molecule has 2 N–H and O–H groups in total. The predicted octanol–water partition coefficient (Wildman–Crippen LogP) is 3.83. The van der Waals surface area contributed by atoms with Gasteiger partial charge in [-0.15, -0.1) is 0 Å². The summed E-state index contributed by atoms with van der Waals surface area (Å²) in [5.41, 5.74) is 4.20. The summed E-state index contributed by atoms with van der Waals surface area (Å²) >= 11 is 0. The lowest BCUT2D eigenvalue weighted by Gasteiger charge is -2.03. The first-order chi connectivity index (χ1) is 13.5. The summed E-state index contributed by atoms with van der Waals surface area (Å²) in [6.45, 7) is 3.89. The molecule has 2 aromatic heterocycles. The Morgan fingerprint density at radius 2 is 1.93 bits per heavy atom. The Morgan fingerprint density at radius 3 is 2.68 bits per heavy atom. The average Bonchev–Trinajstić information content (AvgIpc) is 3.23. The number of rotatable bonds is 5. The minimum atomic E-state index is -0.531. The third kappa shape index (κ3) is 3.59. The molecule has 7 nitrogen and oxygen atoms in total. The Kier molecular flexibility index (Phi) is 4.57. The van der Waals surface area contributed by atoms with Crippen LogP contribution < -0.4 is 11.1 Å². The van der Waals surface area contributed by atoms with Gasteiger partial charge in [0.25, 0.3) is 0 Å². The molecule has 2 aromatic carbocycles.